The van der Waals surface area contributed by atoms with Crippen molar-refractivity contribution in [3.8, 4) is 0 Å². The summed E-state index contributed by atoms with van der Waals surface area (Å²) >= 11 is 0. The van der Waals surface area contributed by atoms with Crippen molar-refractivity contribution in [2.24, 2.45) is 0 Å². The number of aliphatic hydroxyl groups is 3. The van der Waals surface area contributed by atoms with E-state index in [1.165, 1.54) is 249 Å². The molecule has 3 aromatic heterocycles. The second kappa shape index (κ2) is 74.6. The van der Waals surface area contributed by atoms with Crippen LogP contribution in [0, 0.1) is 0 Å². The van der Waals surface area contributed by atoms with Gasteiger partial charge in [0.2, 0.25) is 0 Å². The van der Waals surface area contributed by atoms with Gasteiger partial charge in [0.05, 0.1) is 90.2 Å². The summed E-state index contributed by atoms with van der Waals surface area (Å²) in [4.78, 5) is 79.8. The first kappa shape index (κ1) is 94.6. The van der Waals surface area contributed by atoms with Gasteiger partial charge in [-0.05, 0) is 55.7 Å². The van der Waals surface area contributed by atoms with Crippen molar-refractivity contribution in [3.63, 3.8) is 0 Å². The van der Waals surface area contributed by atoms with Crippen LogP contribution in [0.2, 0.25) is 0 Å². The molecule has 0 bridgehead atoms. The third kappa shape index (κ3) is 76.9. The molecule has 22 heteroatoms. The predicted molar refractivity (Wildman–Crippen MR) is 356 cm³/mol. The fourth-order valence-electron chi connectivity index (χ4n) is 9.50. The zero-order chi connectivity index (χ0) is 69.5. The zero-order valence-electron chi connectivity index (χ0n) is 57.5. The minimum absolute atomic E-state index is 0. The number of imidazole rings is 3. The molecule has 3 heterocycles. The molecule has 0 aromatic carbocycles. The van der Waals surface area contributed by atoms with Gasteiger partial charge in [-0.1, -0.05) is 290 Å². The number of H-pyrrole nitrogens is 3. The number of nitrogens with one attached hydrogen (secondary N) is 3. The minimum atomic E-state index is -1.34. The van der Waals surface area contributed by atoms with Crippen molar-refractivity contribution in [2.45, 2.75) is 328 Å². The first-order valence-corrected chi connectivity index (χ1v) is 35.2. The molecule has 0 saturated carbocycles. The number of aliphatic hydroxyl groups excluding tert-OH is 3. The van der Waals surface area contributed by atoms with Crippen molar-refractivity contribution in [1.82, 2.24) is 29.9 Å². The largest absolute Gasteiger partial charge is 6.00 e. The molecule has 0 aliphatic carbocycles. The summed E-state index contributed by atoms with van der Waals surface area (Å²) in [7, 11) is 0. The summed E-state index contributed by atoms with van der Waals surface area (Å²) in [6.45, 7) is 6.77. The number of nitrogens with zero attached hydrogens (tertiary/aromatic N) is 3. The second-order valence-electron chi connectivity index (χ2n) is 23.6. The van der Waals surface area contributed by atoms with E-state index in [4.69, 9.17) is 15.3 Å². The van der Waals surface area contributed by atoms with Crippen LogP contribution in [0.1, 0.15) is 327 Å². The fourth-order valence-corrected chi connectivity index (χ4v) is 9.50. The average molecular weight is 1410 g/mol. The number of hydrogen-bond donors (Lipinski definition) is 6. The van der Waals surface area contributed by atoms with Crippen LogP contribution < -0.4 is 30.6 Å². The van der Waals surface area contributed by atoms with E-state index in [-0.39, 0.29) is 21.1 Å². The Labute approximate surface area is 577 Å². The van der Waals surface area contributed by atoms with Gasteiger partial charge in [-0.15, -0.1) is 0 Å². The molecular formula is C72H120MoN6O15. The summed E-state index contributed by atoms with van der Waals surface area (Å²) < 4.78 is 0. The van der Waals surface area contributed by atoms with E-state index in [9.17, 15) is 59.4 Å². The average Bonchev–Trinajstić information content (AvgIpc) is 3.70. The number of carbonyl (C=O) groups excluding carboxylic acids is 6. The SMILES string of the molecule is CCCCCCCCCCCCCCCCC(O)C(=O)[O-].CCCCCCCCCCCCCCCCC(O)C(=O)[O-].CCCCCCCCCCCCCCCCC(O)C(=O)[O-].O=C([O-])C=Cc1c[nH]cn1.O=C([O-])C=Cc1c[nH]cn1.O=C([O-])C=Cc1c[nH]cn1.[Mo+6]. The van der Waals surface area contributed by atoms with Gasteiger partial charge in [-0.2, -0.15) is 0 Å². The van der Waals surface area contributed by atoms with Gasteiger partial charge in [-0.3, -0.25) is 0 Å². The van der Waals surface area contributed by atoms with Crippen LogP contribution in [0.25, 0.3) is 18.2 Å². The van der Waals surface area contributed by atoms with E-state index < -0.39 is 54.1 Å². The summed E-state index contributed by atoms with van der Waals surface area (Å²) in [5, 5.41) is 87.7. The standard InChI is InChI=1S/3C18H36O3.3C6H6N2O2.Mo/c3*1-2-3-4-5-6-7-8-9-10-11-12-13-14-15-16-17(19)18(20)21;3*9-6(10)2-1-5-3-7-4-8-5;/h3*17,19H,2-16H2,1H3,(H,20,21);3*1-4H,(H,7,8)(H,9,10);/q;;;;;;+6/p-6. The Hall–Kier alpha value is -5.76. The third-order valence-electron chi connectivity index (χ3n) is 15.0. The fraction of sp³-hybridized carbons (Fsp3) is 0.708. The molecule has 0 spiro atoms. The predicted octanol–water partition coefficient (Wildman–Crippen LogP) is 9.42. The van der Waals surface area contributed by atoms with Crippen LogP contribution in [-0.4, -0.2) is 99.4 Å². The van der Waals surface area contributed by atoms with Crippen LogP contribution in [0.5, 0.6) is 0 Å². The van der Waals surface area contributed by atoms with Gasteiger partial charge < -0.3 is 89.7 Å². The maximum atomic E-state index is 10.3. The minimum Gasteiger partial charge on any atom is -0.547 e. The number of carboxylic acid groups (broad SMARTS) is 6. The molecule has 0 radical (unpaired) electrons. The Balaban J connectivity index is -0.000000531. The van der Waals surface area contributed by atoms with E-state index in [1.807, 2.05) is 0 Å². The van der Waals surface area contributed by atoms with Crippen molar-refractivity contribution >= 4 is 54.0 Å². The Kier molecular flexibility index (Phi) is 75.1. The molecule has 3 atom stereocenters. The maximum Gasteiger partial charge on any atom is 6.00 e. The monoisotopic (exact) mass is 1410 g/mol. The number of aliphatic carboxylic acids is 6. The van der Waals surface area contributed by atoms with E-state index in [0.29, 0.717) is 36.3 Å². The first-order valence-electron chi connectivity index (χ1n) is 35.2. The third-order valence-corrected chi connectivity index (χ3v) is 15.0. The van der Waals surface area contributed by atoms with Crippen LogP contribution in [0.15, 0.2) is 55.8 Å². The molecule has 0 aliphatic rings. The van der Waals surface area contributed by atoms with Crippen molar-refractivity contribution < 1.29 is 95.8 Å². The quantitative estimate of drug-likeness (QED) is 0.0174. The van der Waals surface area contributed by atoms with Gasteiger partial charge in [0, 0.05) is 18.6 Å². The van der Waals surface area contributed by atoms with E-state index in [0.717, 1.165) is 76.0 Å². The number of carbonyl (C=O) groups is 6. The molecule has 6 N–H and O–H groups in total. The van der Waals surface area contributed by atoms with Gasteiger partial charge in [-0.25, -0.2) is 15.0 Å². The summed E-state index contributed by atoms with van der Waals surface area (Å²) in [5.74, 6) is -7.69. The Morgan fingerprint density at radius 1 is 0.319 bits per heavy atom. The Bertz CT molecular complexity index is 1970. The van der Waals surface area contributed by atoms with Crippen LogP contribution in [0.4, 0.5) is 0 Å². The van der Waals surface area contributed by atoms with E-state index in [2.05, 4.69) is 50.7 Å². The zero-order valence-corrected chi connectivity index (χ0v) is 59.5. The topological polar surface area (TPSA) is 388 Å². The summed E-state index contributed by atoms with van der Waals surface area (Å²) in [6.07, 6.45) is 66.8. The molecule has 0 amide bonds. The molecule has 21 nitrogen and oxygen atoms in total. The van der Waals surface area contributed by atoms with Gasteiger partial charge in [0.25, 0.3) is 0 Å². The summed E-state index contributed by atoms with van der Waals surface area (Å²) in [6, 6.07) is 0. The molecule has 0 fully saturated rings. The van der Waals surface area contributed by atoms with Crippen molar-refractivity contribution in [3.05, 3.63) is 72.9 Å². The number of carboxylic acids is 6. The maximum absolute atomic E-state index is 10.3. The number of hydrogen-bond acceptors (Lipinski definition) is 18. The molecule has 0 aliphatic heterocycles. The molecule has 94 heavy (non-hydrogen) atoms. The van der Waals surface area contributed by atoms with Crippen molar-refractivity contribution in [2.75, 3.05) is 0 Å². The first-order chi connectivity index (χ1) is 44.9. The van der Waals surface area contributed by atoms with Gasteiger partial charge >= 0.3 is 21.1 Å². The number of rotatable bonds is 54. The van der Waals surface area contributed by atoms with Crippen LogP contribution >= 0.6 is 0 Å². The Morgan fingerprint density at radius 2 is 0.479 bits per heavy atom. The number of unbranched alkanes of at least 4 members (excludes halogenated alkanes) is 39. The molecule has 3 aromatic rings. The molecule has 3 unspecified atom stereocenters. The van der Waals surface area contributed by atoms with E-state index in [1.54, 1.807) is 18.6 Å². The summed E-state index contributed by atoms with van der Waals surface area (Å²) in [5.41, 5.74) is 1.72. The molecular weight excluding hydrogens is 1280 g/mol. The van der Waals surface area contributed by atoms with Crippen LogP contribution in [-0.2, 0) is 49.8 Å². The molecule has 534 valence electrons. The van der Waals surface area contributed by atoms with Crippen LogP contribution in [0.3, 0.4) is 0 Å². The van der Waals surface area contributed by atoms with E-state index >= 15 is 0 Å². The molecule has 0 saturated heterocycles. The van der Waals surface area contributed by atoms with Gasteiger partial charge in [0.1, 0.15) is 0 Å². The van der Waals surface area contributed by atoms with Gasteiger partial charge in [0.15, 0.2) is 0 Å². The van der Waals surface area contributed by atoms with Crippen molar-refractivity contribution in [1.29, 1.82) is 0 Å². The Morgan fingerprint density at radius 3 is 0.606 bits per heavy atom. The second-order valence-corrected chi connectivity index (χ2v) is 23.6. The number of aromatic amines is 3. The molecule has 3 rings (SSSR count). The smallest absolute Gasteiger partial charge is 0.547 e. The number of aromatic nitrogens is 6. The normalized spacial score (nSPS) is 11.7.